The number of anilines is 1. The van der Waals surface area contributed by atoms with Crippen LogP contribution >= 0.6 is 11.3 Å². The molecule has 2 heterocycles. The van der Waals surface area contributed by atoms with Gasteiger partial charge in [-0.1, -0.05) is 6.92 Å². The second kappa shape index (κ2) is 5.12. The van der Waals surface area contributed by atoms with E-state index in [-0.39, 0.29) is 0 Å². The molecule has 0 aliphatic heterocycles. The largest absolute Gasteiger partial charge is 0.361 e. The zero-order valence-corrected chi connectivity index (χ0v) is 10.4. The Hall–Kier alpha value is -1.36. The molecule has 1 N–H and O–H groups in total. The predicted octanol–water partition coefficient (Wildman–Crippen LogP) is 2.09. The number of thiazole rings is 1. The smallest absolute Gasteiger partial charge is 0.182 e. The summed E-state index contributed by atoms with van der Waals surface area (Å²) in [5.41, 5.74) is 2.27. The second-order valence-electron chi connectivity index (χ2n) is 3.66. The first kappa shape index (κ1) is 11.1. The van der Waals surface area contributed by atoms with Crippen molar-refractivity contribution in [1.82, 2.24) is 14.8 Å². The van der Waals surface area contributed by atoms with Gasteiger partial charge in [0.2, 0.25) is 0 Å². The number of aromatic nitrogens is 3. The summed E-state index contributed by atoms with van der Waals surface area (Å²) in [5.74, 6) is 0. The average Bonchev–Trinajstić information content (AvgIpc) is 2.88. The molecule has 0 aromatic carbocycles. The average molecular weight is 236 g/mol. The molecular weight excluding hydrogens is 220 g/mol. The van der Waals surface area contributed by atoms with Crippen molar-refractivity contribution in [2.24, 2.45) is 7.05 Å². The summed E-state index contributed by atoms with van der Waals surface area (Å²) in [6, 6.07) is 2.04. The maximum Gasteiger partial charge on any atom is 0.182 e. The number of rotatable bonds is 5. The molecule has 4 nitrogen and oxygen atoms in total. The fraction of sp³-hybridized carbons (Fsp3) is 0.455. The Bertz CT molecular complexity index is 446. The number of hydrogen-bond donors (Lipinski definition) is 1. The van der Waals surface area contributed by atoms with Crippen LogP contribution in [0.1, 0.15) is 18.3 Å². The minimum absolute atomic E-state index is 0.883. The molecule has 0 aliphatic carbocycles. The zero-order chi connectivity index (χ0) is 11.4. The summed E-state index contributed by atoms with van der Waals surface area (Å²) in [4.78, 5) is 4.45. The molecule has 0 saturated carbocycles. The summed E-state index contributed by atoms with van der Waals surface area (Å²) in [6.07, 6.45) is 3.90. The molecular formula is C11H16N4S. The summed E-state index contributed by atoms with van der Waals surface area (Å²) in [6.45, 7) is 3.00. The van der Waals surface area contributed by atoms with Crippen LogP contribution in [0.15, 0.2) is 17.6 Å². The Labute approximate surface area is 99.3 Å². The number of hydrogen-bond acceptors (Lipinski definition) is 4. The van der Waals surface area contributed by atoms with Crippen LogP contribution in [0.2, 0.25) is 0 Å². The first-order valence-corrected chi connectivity index (χ1v) is 6.32. The maximum atomic E-state index is 4.45. The highest BCUT2D eigenvalue weighted by Gasteiger charge is 2.00. The van der Waals surface area contributed by atoms with Crippen LogP contribution in [0.25, 0.3) is 0 Å². The molecule has 2 rings (SSSR count). The minimum atomic E-state index is 0.883. The molecule has 0 aliphatic rings. The van der Waals surface area contributed by atoms with Gasteiger partial charge >= 0.3 is 0 Å². The SMILES string of the molecule is CCc1csc(NCCc2ccn(C)n2)n1. The van der Waals surface area contributed by atoms with Crippen molar-refractivity contribution < 1.29 is 0 Å². The summed E-state index contributed by atoms with van der Waals surface area (Å²) >= 11 is 1.67. The second-order valence-corrected chi connectivity index (χ2v) is 4.51. The lowest BCUT2D eigenvalue weighted by molar-refractivity contribution is 0.742. The van der Waals surface area contributed by atoms with Gasteiger partial charge in [-0.2, -0.15) is 5.10 Å². The molecule has 0 fully saturated rings. The van der Waals surface area contributed by atoms with Gasteiger partial charge in [0.1, 0.15) is 0 Å². The van der Waals surface area contributed by atoms with Crippen LogP contribution < -0.4 is 5.32 Å². The van der Waals surface area contributed by atoms with E-state index in [9.17, 15) is 0 Å². The van der Waals surface area contributed by atoms with Crippen molar-refractivity contribution in [2.75, 3.05) is 11.9 Å². The summed E-state index contributed by atoms with van der Waals surface area (Å²) in [7, 11) is 1.94. The standard InChI is InChI=1S/C11H16N4S/c1-3-9-8-16-11(13-9)12-6-4-10-5-7-15(2)14-10/h5,7-8H,3-4,6H2,1-2H3,(H,12,13). The number of nitrogens with zero attached hydrogens (tertiary/aromatic N) is 3. The van der Waals surface area contributed by atoms with Crippen molar-refractivity contribution in [3.63, 3.8) is 0 Å². The Morgan fingerprint density at radius 3 is 2.94 bits per heavy atom. The first-order valence-electron chi connectivity index (χ1n) is 5.44. The third-order valence-corrected chi connectivity index (χ3v) is 3.19. The number of nitrogens with one attached hydrogen (secondary N) is 1. The Morgan fingerprint density at radius 2 is 2.31 bits per heavy atom. The monoisotopic (exact) mass is 236 g/mol. The van der Waals surface area contributed by atoms with Crippen molar-refractivity contribution in [3.8, 4) is 0 Å². The van der Waals surface area contributed by atoms with Gasteiger partial charge in [-0.15, -0.1) is 11.3 Å². The van der Waals surface area contributed by atoms with Gasteiger partial charge in [0.25, 0.3) is 0 Å². The molecule has 0 amide bonds. The fourth-order valence-corrected chi connectivity index (χ4v) is 2.27. The molecule has 0 radical (unpaired) electrons. The predicted molar refractivity (Wildman–Crippen MR) is 66.9 cm³/mol. The van der Waals surface area contributed by atoms with Crippen LogP contribution in [0.5, 0.6) is 0 Å². The topological polar surface area (TPSA) is 42.7 Å². The molecule has 86 valence electrons. The van der Waals surface area contributed by atoms with E-state index in [2.05, 4.69) is 27.7 Å². The van der Waals surface area contributed by atoms with Crippen molar-refractivity contribution in [3.05, 3.63) is 29.0 Å². The Balaban J connectivity index is 1.79. The van der Waals surface area contributed by atoms with E-state index in [1.165, 1.54) is 0 Å². The normalized spacial score (nSPS) is 10.6. The van der Waals surface area contributed by atoms with Gasteiger partial charge in [0.15, 0.2) is 5.13 Å². The lowest BCUT2D eigenvalue weighted by Gasteiger charge is -1.99. The molecule has 0 atom stereocenters. The first-order chi connectivity index (χ1) is 7.78. The van der Waals surface area contributed by atoms with Crippen molar-refractivity contribution in [2.45, 2.75) is 19.8 Å². The molecule has 2 aromatic heterocycles. The van der Waals surface area contributed by atoms with Crippen LogP contribution in [0.4, 0.5) is 5.13 Å². The minimum Gasteiger partial charge on any atom is -0.361 e. The van der Waals surface area contributed by atoms with Crippen LogP contribution in [0.3, 0.4) is 0 Å². The van der Waals surface area contributed by atoms with E-state index < -0.39 is 0 Å². The van der Waals surface area contributed by atoms with E-state index in [0.29, 0.717) is 0 Å². The van der Waals surface area contributed by atoms with E-state index >= 15 is 0 Å². The molecule has 0 spiro atoms. The van der Waals surface area contributed by atoms with Gasteiger partial charge in [-0.25, -0.2) is 4.98 Å². The Kier molecular flexibility index (Phi) is 3.56. The molecule has 0 saturated heterocycles. The zero-order valence-electron chi connectivity index (χ0n) is 9.60. The maximum absolute atomic E-state index is 4.45. The highest BCUT2D eigenvalue weighted by Crippen LogP contribution is 2.15. The number of aryl methyl sites for hydroxylation is 2. The van der Waals surface area contributed by atoms with Gasteiger partial charge in [0, 0.05) is 31.6 Å². The fourth-order valence-electron chi connectivity index (χ4n) is 1.44. The van der Waals surface area contributed by atoms with Crippen LogP contribution in [-0.2, 0) is 19.9 Å². The lowest BCUT2D eigenvalue weighted by Crippen LogP contribution is -2.05. The molecule has 5 heteroatoms. The van der Waals surface area contributed by atoms with Crippen LogP contribution in [-0.4, -0.2) is 21.3 Å². The van der Waals surface area contributed by atoms with E-state index in [1.807, 2.05) is 24.0 Å². The van der Waals surface area contributed by atoms with E-state index in [1.54, 1.807) is 11.3 Å². The van der Waals surface area contributed by atoms with Crippen molar-refractivity contribution >= 4 is 16.5 Å². The quantitative estimate of drug-likeness (QED) is 0.864. The molecule has 0 bridgehead atoms. The van der Waals surface area contributed by atoms with E-state index in [4.69, 9.17) is 0 Å². The van der Waals surface area contributed by atoms with Gasteiger partial charge in [0.05, 0.1) is 11.4 Å². The molecule has 0 unspecified atom stereocenters. The van der Waals surface area contributed by atoms with Crippen LogP contribution in [0, 0.1) is 0 Å². The van der Waals surface area contributed by atoms with Crippen molar-refractivity contribution in [1.29, 1.82) is 0 Å². The highest BCUT2D eigenvalue weighted by atomic mass is 32.1. The summed E-state index contributed by atoms with van der Waals surface area (Å²) in [5, 5.41) is 10.7. The molecule has 2 aromatic rings. The Morgan fingerprint density at radius 1 is 1.44 bits per heavy atom. The summed E-state index contributed by atoms with van der Waals surface area (Å²) < 4.78 is 1.83. The third kappa shape index (κ3) is 2.82. The van der Waals surface area contributed by atoms with Gasteiger partial charge in [-0.3, -0.25) is 4.68 Å². The molecule has 16 heavy (non-hydrogen) atoms. The third-order valence-electron chi connectivity index (χ3n) is 2.34. The highest BCUT2D eigenvalue weighted by molar-refractivity contribution is 7.13. The van der Waals surface area contributed by atoms with Gasteiger partial charge < -0.3 is 5.32 Å². The van der Waals surface area contributed by atoms with Gasteiger partial charge in [-0.05, 0) is 12.5 Å². The van der Waals surface area contributed by atoms with E-state index in [0.717, 1.165) is 35.9 Å². The lowest BCUT2D eigenvalue weighted by atomic mass is 10.3.